The van der Waals surface area contributed by atoms with Gasteiger partial charge in [0, 0.05) is 11.1 Å². The van der Waals surface area contributed by atoms with E-state index in [2.05, 4.69) is 47.8 Å². The Balaban J connectivity index is 2.75. The summed E-state index contributed by atoms with van der Waals surface area (Å²) < 4.78 is 21.3. The van der Waals surface area contributed by atoms with Gasteiger partial charge in [0.1, 0.15) is 25.1 Å². The summed E-state index contributed by atoms with van der Waals surface area (Å²) in [4.78, 5) is 0. The van der Waals surface area contributed by atoms with E-state index in [-0.39, 0.29) is 5.92 Å². The maximum absolute atomic E-state index is 5.58. The molecule has 0 atom stereocenters. The standard InChI is InChI=1S/C18H19Br3O4/c1-22-11-5-7-15(24-3)13(9-11)17(18(19,20)21)14-10-12(23-2)6-8-16(14)25-4/h5-10,17H,1-4H3. The molecule has 7 heteroatoms. The predicted octanol–water partition coefficient (Wildman–Crippen LogP) is 5.69. The molecular weight excluding hydrogens is 520 g/mol. The van der Waals surface area contributed by atoms with Gasteiger partial charge in [-0.15, -0.1) is 0 Å². The normalized spacial score (nSPS) is 11.4. The molecule has 0 fully saturated rings. The highest BCUT2D eigenvalue weighted by atomic mass is 80.0. The Bertz CT molecular complexity index is 673. The average molecular weight is 539 g/mol. The highest BCUT2D eigenvalue weighted by Crippen LogP contribution is 2.54. The average Bonchev–Trinajstić information content (AvgIpc) is 2.60. The van der Waals surface area contributed by atoms with Crippen molar-refractivity contribution < 1.29 is 18.9 Å². The lowest BCUT2D eigenvalue weighted by Crippen LogP contribution is -2.19. The lowest BCUT2D eigenvalue weighted by Gasteiger charge is -2.29. The van der Waals surface area contributed by atoms with Gasteiger partial charge in [0.25, 0.3) is 0 Å². The molecule has 4 nitrogen and oxygen atoms in total. The van der Waals surface area contributed by atoms with Crippen molar-refractivity contribution in [2.45, 2.75) is 8.06 Å². The zero-order valence-corrected chi connectivity index (χ0v) is 19.1. The molecular formula is C18H19Br3O4. The summed E-state index contributed by atoms with van der Waals surface area (Å²) >= 11 is 11.0. The minimum absolute atomic E-state index is 0.220. The zero-order valence-electron chi connectivity index (χ0n) is 14.3. The van der Waals surface area contributed by atoms with Gasteiger partial charge >= 0.3 is 0 Å². The van der Waals surface area contributed by atoms with Crippen LogP contribution in [-0.4, -0.2) is 30.6 Å². The maximum atomic E-state index is 5.58. The molecule has 0 aliphatic carbocycles. The van der Waals surface area contributed by atoms with E-state index >= 15 is 0 Å². The first-order chi connectivity index (χ1) is 11.8. The summed E-state index contributed by atoms with van der Waals surface area (Å²) in [6.45, 7) is 0. The molecule has 136 valence electrons. The molecule has 0 aliphatic rings. The number of hydrogen-bond donors (Lipinski definition) is 0. The zero-order chi connectivity index (χ0) is 18.6. The fourth-order valence-corrected chi connectivity index (χ4v) is 4.13. The van der Waals surface area contributed by atoms with Crippen molar-refractivity contribution in [2.75, 3.05) is 28.4 Å². The summed E-state index contributed by atoms with van der Waals surface area (Å²) in [5.41, 5.74) is 1.83. The molecule has 0 saturated carbocycles. The predicted molar refractivity (Wildman–Crippen MR) is 110 cm³/mol. The van der Waals surface area contributed by atoms with E-state index in [1.807, 2.05) is 36.4 Å². The highest BCUT2D eigenvalue weighted by molar-refractivity contribution is 9.39. The van der Waals surface area contributed by atoms with Crippen LogP contribution in [0.25, 0.3) is 0 Å². The fourth-order valence-electron chi connectivity index (χ4n) is 2.65. The molecule has 0 amide bonds. The molecule has 0 bridgehead atoms. The number of benzene rings is 2. The van der Waals surface area contributed by atoms with Gasteiger partial charge in [0.2, 0.25) is 0 Å². The number of halogens is 3. The third kappa shape index (κ3) is 4.63. The van der Waals surface area contributed by atoms with Crippen LogP contribution in [0.2, 0.25) is 0 Å². The second kappa shape index (κ2) is 8.64. The second-order valence-corrected chi connectivity index (χ2v) is 12.1. The van der Waals surface area contributed by atoms with Gasteiger partial charge < -0.3 is 18.9 Å². The number of ether oxygens (including phenoxy) is 4. The maximum Gasteiger partial charge on any atom is 0.146 e. The van der Waals surface area contributed by atoms with E-state index in [0.717, 1.165) is 34.1 Å². The van der Waals surface area contributed by atoms with Crippen molar-refractivity contribution in [3.05, 3.63) is 47.5 Å². The SMILES string of the molecule is COc1ccc(OC)c(C(c2cc(OC)ccc2OC)C(Br)(Br)Br)c1. The van der Waals surface area contributed by atoms with E-state index in [9.17, 15) is 0 Å². The van der Waals surface area contributed by atoms with Crippen LogP contribution in [0.1, 0.15) is 17.0 Å². The third-order valence-corrected chi connectivity index (χ3v) is 5.20. The van der Waals surface area contributed by atoms with E-state index in [1.165, 1.54) is 0 Å². The summed E-state index contributed by atoms with van der Waals surface area (Å²) in [5, 5.41) is 0. The Kier molecular flexibility index (Phi) is 7.05. The van der Waals surface area contributed by atoms with Crippen LogP contribution in [0.4, 0.5) is 0 Å². The van der Waals surface area contributed by atoms with Gasteiger partial charge in [-0.2, -0.15) is 0 Å². The molecule has 0 heterocycles. The van der Waals surface area contributed by atoms with Crippen molar-refractivity contribution >= 4 is 47.8 Å². The number of hydrogen-bond acceptors (Lipinski definition) is 4. The first kappa shape index (κ1) is 20.4. The van der Waals surface area contributed by atoms with Crippen LogP contribution < -0.4 is 18.9 Å². The molecule has 0 spiro atoms. The van der Waals surface area contributed by atoms with E-state index in [4.69, 9.17) is 18.9 Å². The first-order valence-corrected chi connectivity index (χ1v) is 9.74. The van der Waals surface area contributed by atoms with Crippen LogP contribution in [0.3, 0.4) is 0 Å². The van der Waals surface area contributed by atoms with Gasteiger partial charge in [-0.1, -0.05) is 47.8 Å². The quantitative estimate of drug-likeness (QED) is 0.443. The van der Waals surface area contributed by atoms with Crippen LogP contribution in [0.15, 0.2) is 36.4 Å². The number of rotatable bonds is 6. The van der Waals surface area contributed by atoms with E-state index < -0.39 is 2.14 Å². The second-order valence-electron chi connectivity index (χ2n) is 5.19. The molecule has 0 N–H and O–H groups in total. The smallest absolute Gasteiger partial charge is 0.146 e. The van der Waals surface area contributed by atoms with Crippen molar-refractivity contribution in [3.8, 4) is 23.0 Å². The van der Waals surface area contributed by atoms with Crippen LogP contribution in [0.5, 0.6) is 23.0 Å². The largest absolute Gasteiger partial charge is 0.497 e. The molecule has 0 saturated heterocycles. The Labute approximate surface area is 173 Å². The number of alkyl halides is 3. The summed E-state index contributed by atoms with van der Waals surface area (Å²) in [6, 6.07) is 11.4. The first-order valence-electron chi connectivity index (χ1n) is 7.36. The Morgan fingerprint density at radius 3 is 1.36 bits per heavy atom. The third-order valence-electron chi connectivity index (χ3n) is 3.82. The van der Waals surface area contributed by atoms with E-state index in [1.54, 1.807) is 28.4 Å². The van der Waals surface area contributed by atoms with Gasteiger partial charge in [-0.3, -0.25) is 0 Å². The molecule has 0 aromatic heterocycles. The van der Waals surface area contributed by atoms with Crippen molar-refractivity contribution in [3.63, 3.8) is 0 Å². The Morgan fingerprint density at radius 2 is 1.08 bits per heavy atom. The lowest BCUT2D eigenvalue weighted by molar-refractivity contribution is 0.390. The van der Waals surface area contributed by atoms with Gasteiger partial charge in [0.15, 0.2) is 0 Å². The molecule has 0 aliphatic heterocycles. The van der Waals surface area contributed by atoms with Crippen LogP contribution >= 0.6 is 47.8 Å². The fraction of sp³-hybridized carbons (Fsp3) is 0.333. The molecule has 0 radical (unpaired) electrons. The van der Waals surface area contributed by atoms with Crippen LogP contribution in [0, 0.1) is 0 Å². The lowest BCUT2D eigenvalue weighted by atomic mass is 9.91. The molecule has 2 aromatic carbocycles. The Hall–Kier alpha value is -0.920. The number of methoxy groups -OCH3 is 4. The van der Waals surface area contributed by atoms with Crippen molar-refractivity contribution in [2.24, 2.45) is 0 Å². The van der Waals surface area contributed by atoms with E-state index in [0.29, 0.717) is 0 Å². The summed E-state index contributed by atoms with van der Waals surface area (Å²) in [6.07, 6.45) is 0. The molecule has 0 unspecified atom stereocenters. The summed E-state index contributed by atoms with van der Waals surface area (Å²) in [5.74, 6) is 2.72. The van der Waals surface area contributed by atoms with Crippen molar-refractivity contribution in [1.29, 1.82) is 0 Å². The van der Waals surface area contributed by atoms with Gasteiger partial charge in [-0.05, 0) is 36.4 Å². The molecule has 2 rings (SSSR count). The van der Waals surface area contributed by atoms with Crippen LogP contribution in [-0.2, 0) is 0 Å². The molecule has 2 aromatic rings. The molecule has 25 heavy (non-hydrogen) atoms. The minimum Gasteiger partial charge on any atom is -0.497 e. The minimum atomic E-state index is -0.647. The van der Waals surface area contributed by atoms with Gasteiger partial charge in [-0.25, -0.2) is 0 Å². The van der Waals surface area contributed by atoms with Crippen molar-refractivity contribution in [1.82, 2.24) is 0 Å². The summed E-state index contributed by atoms with van der Waals surface area (Å²) in [7, 11) is 6.56. The van der Waals surface area contributed by atoms with Gasteiger partial charge in [0.05, 0.1) is 34.4 Å². The Morgan fingerprint density at radius 1 is 0.680 bits per heavy atom. The highest BCUT2D eigenvalue weighted by Gasteiger charge is 2.38. The topological polar surface area (TPSA) is 36.9 Å². The monoisotopic (exact) mass is 536 g/mol.